The van der Waals surface area contributed by atoms with Crippen molar-refractivity contribution in [3.8, 4) is 0 Å². The van der Waals surface area contributed by atoms with E-state index in [1.165, 1.54) is 10.8 Å². The quantitative estimate of drug-likeness (QED) is 0.861. The van der Waals surface area contributed by atoms with Crippen LogP contribution in [0, 0.1) is 0 Å². The number of carbonyl (C=O) groups excluding carboxylic acids is 1. The van der Waals surface area contributed by atoms with Gasteiger partial charge in [-0.25, -0.2) is 4.79 Å². The lowest BCUT2D eigenvalue weighted by Crippen LogP contribution is -2.30. The number of aryl methyl sites for hydroxylation is 1. The second-order valence-corrected chi connectivity index (χ2v) is 4.38. The zero-order valence-electron chi connectivity index (χ0n) is 9.93. The van der Waals surface area contributed by atoms with Crippen LogP contribution in [0.3, 0.4) is 0 Å². The van der Waals surface area contributed by atoms with Gasteiger partial charge in [0, 0.05) is 24.7 Å². The van der Waals surface area contributed by atoms with E-state index in [0.717, 1.165) is 0 Å². The first kappa shape index (κ1) is 13.3. The Morgan fingerprint density at radius 3 is 2.58 bits per heavy atom. The van der Waals surface area contributed by atoms with Crippen LogP contribution >= 0.6 is 11.6 Å². The highest BCUT2D eigenvalue weighted by atomic mass is 35.5. The molecule has 0 aliphatic rings. The van der Waals surface area contributed by atoms with Crippen molar-refractivity contribution < 1.29 is 4.79 Å². The zero-order valence-corrected chi connectivity index (χ0v) is 10.7. The van der Waals surface area contributed by atoms with Crippen molar-refractivity contribution in [1.29, 1.82) is 0 Å². The molecule has 2 rings (SSSR count). The lowest BCUT2D eigenvalue weighted by molar-refractivity contribution is 0.0976. The molecule has 0 aliphatic carbocycles. The minimum absolute atomic E-state index is 0.0742. The van der Waals surface area contributed by atoms with Gasteiger partial charge in [-0.2, -0.15) is 0 Å². The zero-order chi connectivity index (χ0) is 13.8. The number of halogens is 1. The van der Waals surface area contributed by atoms with Gasteiger partial charge in [0.05, 0.1) is 0 Å². The van der Waals surface area contributed by atoms with Crippen LogP contribution in [0.2, 0.25) is 5.02 Å². The lowest BCUT2D eigenvalue weighted by atomic mass is 10.1. The second kappa shape index (κ2) is 5.67. The van der Waals surface area contributed by atoms with Crippen molar-refractivity contribution in [2.24, 2.45) is 0 Å². The van der Waals surface area contributed by atoms with E-state index in [9.17, 15) is 14.4 Å². The lowest BCUT2D eigenvalue weighted by Gasteiger charge is -2.04. The van der Waals surface area contributed by atoms with E-state index in [-0.39, 0.29) is 23.8 Å². The number of nitrogens with zero attached hydrogens (tertiary/aromatic N) is 1. The second-order valence-electron chi connectivity index (χ2n) is 3.97. The Hall–Kier alpha value is -2.14. The predicted molar refractivity (Wildman–Crippen MR) is 71.7 cm³/mol. The average molecular weight is 279 g/mol. The summed E-state index contributed by atoms with van der Waals surface area (Å²) in [6.45, 7) is 0.170. The summed E-state index contributed by atoms with van der Waals surface area (Å²) in [5, 5.41) is -0.0771. The van der Waals surface area contributed by atoms with Gasteiger partial charge >= 0.3 is 5.69 Å². The number of hydrogen-bond donors (Lipinski definition) is 1. The first-order valence-electron chi connectivity index (χ1n) is 5.65. The van der Waals surface area contributed by atoms with Crippen LogP contribution in [0.5, 0.6) is 0 Å². The molecular formula is C13H11ClN2O3. The number of carbonyl (C=O) groups is 1. The van der Waals surface area contributed by atoms with Crippen molar-refractivity contribution in [2.45, 2.75) is 13.0 Å². The molecule has 1 aromatic heterocycles. The van der Waals surface area contributed by atoms with Crippen molar-refractivity contribution in [1.82, 2.24) is 9.55 Å². The van der Waals surface area contributed by atoms with Crippen LogP contribution in [-0.4, -0.2) is 15.3 Å². The Kier molecular flexibility index (Phi) is 3.97. The molecule has 0 fully saturated rings. The third-order valence-electron chi connectivity index (χ3n) is 2.64. The summed E-state index contributed by atoms with van der Waals surface area (Å²) in [7, 11) is 0. The molecule has 1 heterocycles. The highest BCUT2D eigenvalue weighted by Gasteiger charge is 2.07. The van der Waals surface area contributed by atoms with Crippen molar-refractivity contribution in [3.63, 3.8) is 0 Å². The number of benzene rings is 1. The topological polar surface area (TPSA) is 71.9 Å². The number of rotatable bonds is 4. The molecule has 0 aliphatic heterocycles. The largest absolute Gasteiger partial charge is 0.328 e. The van der Waals surface area contributed by atoms with Crippen LogP contribution in [0.25, 0.3) is 0 Å². The Balaban J connectivity index is 2.12. The smallest absolute Gasteiger partial charge is 0.299 e. The van der Waals surface area contributed by atoms with E-state index in [0.29, 0.717) is 5.56 Å². The highest BCUT2D eigenvalue weighted by molar-refractivity contribution is 6.30. The fourth-order valence-corrected chi connectivity index (χ4v) is 1.80. The summed E-state index contributed by atoms with van der Waals surface area (Å²) in [6.07, 6.45) is 1.40. The molecular weight excluding hydrogens is 268 g/mol. The number of aromatic nitrogens is 2. The molecule has 1 aromatic carbocycles. The van der Waals surface area contributed by atoms with Gasteiger partial charge in [-0.1, -0.05) is 41.9 Å². The summed E-state index contributed by atoms with van der Waals surface area (Å²) < 4.78 is 1.21. The molecule has 0 atom stereocenters. The van der Waals surface area contributed by atoms with Crippen molar-refractivity contribution >= 4 is 17.4 Å². The number of aromatic amines is 1. The maximum absolute atomic E-state index is 11.9. The van der Waals surface area contributed by atoms with Gasteiger partial charge in [0.2, 0.25) is 0 Å². The summed E-state index contributed by atoms with van der Waals surface area (Å²) in [6, 6.07) is 8.80. The normalized spacial score (nSPS) is 10.4. The molecule has 0 bridgehead atoms. The first-order chi connectivity index (χ1) is 9.08. The maximum Gasteiger partial charge on any atom is 0.328 e. The Morgan fingerprint density at radius 1 is 1.21 bits per heavy atom. The molecule has 2 aromatic rings. The standard InChI is InChI=1S/C13H11ClN2O3/c14-10-8-16(13(19)15-12(10)18)7-6-11(17)9-4-2-1-3-5-9/h1-5,8H,6-7H2,(H,15,18,19). The fraction of sp³-hybridized carbons (Fsp3) is 0.154. The number of nitrogens with one attached hydrogen (secondary N) is 1. The molecule has 1 N–H and O–H groups in total. The van der Waals surface area contributed by atoms with Crippen molar-refractivity contribution in [3.05, 3.63) is 68.0 Å². The minimum Gasteiger partial charge on any atom is -0.299 e. The summed E-state index contributed by atoms with van der Waals surface area (Å²) in [5.74, 6) is -0.0742. The van der Waals surface area contributed by atoms with Gasteiger partial charge in [0.15, 0.2) is 5.78 Å². The van der Waals surface area contributed by atoms with E-state index in [1.807, 2.05) is 6.07 Å². The number of ketones is 1. The number of H-pyrrole nitrogens is 1. The van der Waals surface area contributed by atoms with Crippen LogP contribution in [-0.2, 0) is 6.54 Å². The summed E-state index contributed by atoms with van der Waals surface area (Å²) in [5.41, 5.74) is -0.612. The van der Waals surface area contributed by atoms with Crippen LogP contribution < -0.4 is 11.2 Å². The molecule has 0 saturated heterocycles. The van der Waals surface area contributed by atoms with E-state index in [1.54, 1.807) is 24.3 Å². The molecule has 0 radical (unpaired) electrons. The van der Waals surface area contributed by atoms with Gasteiger partial charge in [-0.3, -0.25) is 19.1 Å². The Labute approximate surface area is 113 Å². The van der Waals surface area contributed by atoms with E-state index in [2.05, 4.69) is 4.98 Å². The van der Waals surface area contributed by atoms with E-state index in [4.69, 9.17) is 11.6 Å². The predicted octanol–water partition coefficient (Wildman–Crippen LogP) is 1.46. The molecule has 0 spiro atoms. The average Bonchev–Trinajstić information content (AvgIpc) is 2.42. The highest BCUT2D eigenvalue weighted by Crippen LogP contribution is 2.04. The molecule has 0 saturated carbocycles. The van der Waals surface area contributed by atoms with Gasteiger partial charge in [0.1, 0.15) is 5.02 Å². The minimum atomic E-state index is -0.627. The maximum atomic E-state index is 11.9. The Morgan fingerprint density at radius 2 is 1.89 bits per heavy atom. The molecule has 0 amide bonds. The van der Waals surface area contributed by atoms with Crippen molar-refractivity contribution in [2.75, 3.05) is 0 Å². The number of hydrogen-bond acceptors (Lipinski definition) is 3. The molecule has 19 heavy (non-hydrogen) atoms. The summed E-state index contributed by atoms with van der Waals surface area (Å²) >= 11 is 5.63. The van der Waals surface area contributed by atoms with Gasteiger partial charge in [0.25, 0.3) is 5.56 Å². The third-order valence-corrected chi connectivity index (χ3v) is 2.91. The number of Topliss-reactive ketones (excluding diaryl/α,β-unsaturated/α-hetero) is 1. The van der Waals surface area contributed by atoms with E-state index >= 15 is 0 Å². The molecule has 0 unspecified atom stereocenters. The van der Waals surface area contributed by atoms with Crippen LogP contribution in [0.15, 0.2) is 46.1 Å². The third kappa shape index (κ3) is 3.20. The molecule has 98 valence electrons. The SMILES string of the molecule is O=C(CCn1cc(Cl)c(=O)[nH]c1=O)c1ccccc1. The van der Waals surface area contributed by atoms with Crippen LogP contribution in [0.4, 0.5) is 0 Å². The van der Waals surface area contributed by atoms with Gasteiger partial charge in [-0.15, -0.1) is 0 Å². The van der Waals surface area contributed by atoms with Gasteiger partial charge < -0.3 is 0 Å². The van der Waals surface area contributed by atoms with E-state index < -0.39 is 11.2 Å². The monoisotopic (exact) mass is 278 g/mol. The molecule has 6 heteroatoms. The fourth-order valence-electron chi connectivity index (χ4n) is 1.64. The van der Waals surface area contributed by atoms with Crippen LogP contribution in [0.1, 0.15) is 16.8 Å². The van der Waals surface area contributed by atoms with Gasteiger partial charge in [-0.05, 0) is 0 Å². The Bertz CT molecular complexity index is 704. The summed E-state index contributed by atoms with van der Waals surface area (Å²) in [4.78, 5) is 36.5. The molecule has 5 nitrogen and oxygen atoms in total. The first-order valence-corrected chi connectivity index (χ1v) is 6.03.